The van der Waals surface area contributed by atoms with Gasteiger partial charge in [-0.3, -0.25) is 9.59 Å². The van der Waals surface area contributed by atoms with Gasteiger partial charge in [-0.15, -0.1) is 11.3 Å². The summed E-state index contributed by atoms with van der Waals surface area (Å²) in [7, 11) is 0. The minimum atomic E-state index is -0.493. The molecule has 0 radical (unpaired) electrons. The van der Waals surface area contributed by atoms with Crippen LogP contribution in [0.5, 0.6) is 0 Å². The zero-order valence-electron chi connectivity index (χ0n) is 11.2. The summed E-state index contributed by atoms with van der Waals surface area (Å²) in [6.45, 7) is 4.04. The Labute approximate surface area is 116 Å². The molecule has 19 heavy (non-hydrogen) atoms. The van der Waals surface area contributed by atoms with E-state index in [2.05, 4.69) is 15.6 Å². The fourth-order valence-electron chi connectivity index (χ4n) is 1.89. The molecule has 0 aromatic carbocycles. The third kappa shape index (κ3) is 3.76. The van der Waals surface area contributed by atoms with Gasteiger partial charge in [0.05, 0.1) is 17.2 Å². The Balaban J connectivity index is 1.74. The number of amides is 2. The first-order valence-electron chi connectivity index (χ1n) is 6.55. The summed E-state index contributed by atoms with van der Waals surface area (Å²) >= 11 is 1.56. The summed E-state index contributed by atoms with van der Waals surface area (Å²) in [4.78, 5) is 27.8. The lowest BCUT2D eigenvalue weighted by Crippen LogP contribution is -2.47. The first kappa shape index (κ1) is 14.0. The molecule has 1 atom stereocenters. The van der Waals surface area contributed by atoms with Crippen molar-refractivity contribution in [1.29, 1.82) is 0 Å². The van der Waals surface area contributed by atoms with Gasteiger partial charge < -0.3 is 10.6 Å². The first-order chi connectivity index (χ1) is 9.06. The molecule has 1 fully saturated rings. The normalized spacial score (nSPS) is 16.5. The van der Waals surface area contributed by atoms with E-state index in [1.54, 1.807) is 18.3 Å². The highest BCUT2D eigenvalue weighted by atomic mass is 32.1. The number of aromatic nitrogens is 1. The van der Waals surface area contributed by atoms with Crippen LogP contribution in [0.25, 0.3) is 0 Å². The minimum Gasteiger partial charge on any atom is -0.349 e. The average molecular weight is 281 g/mol. The van der Waals surface area contributed by atoms with Crippen LogP contribution < -0.4 is 10.6 Å². The molecule has 0 unspecified atom stereocenters. The maximum Gasteiger partial charge on any atom is 0.242 e. The second-order valence-electron chi connectivity index (χ2n) is 4.93. The van der Waals surface area contributed by atoms with Crippen LogP contribution in [-0.4, -0.2) is 22.8 Å². The molecule has 5 nitrogen and oxygen atoms in total. The van der Waals surface area contributed by atoms with E-state index in [-0.39, 0.29) is 17.7 Å². The van der Waals surface area contributed by atoms with Crippen LogP contribution in [0.4, 0.5) is 0 Å². The van der Waals surface area contributed by atoms with Crippen molar-refractivity contribution in [3.8, 4) is 0 Å². The SMILES string of the molecule is Cc1nc(CNC(=O)[C@@H](C)NC(=O)C2CCC2)cs1. The van der Waals surface area contributed by atoms with E-state index in [0.29, 0.717) is 6.54 Å². The van der Waals surface area contributed by atoms with Gasteiger partial charge in [0.1, 0.15) is 6.04 Å². The Bertz CT molecular complexity index is 468. The third-order valence-electron chi connectivity index (χ3n) is 3.34. The first-order valence-corrected chi connectivity index (χ1v) is 7.43. The molecule has 1 aliphatic rings. The minimum absolute atomic E-state index is 0.00148. The Morgan fingerprint density at radius 2 is 2.26 bits per heavy atom. The van der Waals surface area contributed by atoms with E-state index in [0.717, 1.165) is 30.0 Å². The van der Waals surface area contributed by atoms with Crippen LogP contribution >= 0.6 is 11.3 Å². The zero-order chi connectivity index (χ0) is 13.8. The lowest BCUT2D eigenvalue weighted by atomic mass is 9.84. The number of thiazole rings is 1. The molecule has 1 aliphatic carbocycles. The topological polar surface area (TPSA) is 71.1 Å². The number of aryl methyl sites for hydroxylation is 1. The summed E-state index contributed by atoms with van der Waals surface area (Å²) in [5.74, 6) is -0.0619. The highest BCUT2D eigenvalue weighted by Crippen LogP contribution is 2.26. The summed E-state index contributed by atoms with van der Waals surface area (Å²) in [6, 6.07) is -0.493. The highest BCUT2D eigenvalue weighted by Gasteiger charge is 2.27. The predicted molar refractivity (Wildman–Crippen MR) is 73.6 cm³/mol. The van der Waals surface area contributed by atoms with Gasteiger partial charge in [0, 0.05) is 11.3 Å². The summed E-state index contributed by atoms with van der Waals surface area (Å²) in [5, 5.41) is 8.44. The second-order valence-corrected chi connectivity index (χ2v) is 6.00. The monoisotopic (exact) mass is 281 g/mol. The molecule has 0 aliphatic heterocycles. The fourth-order valence-corrected chi connectivity index (χ4v) is 2.50. The average Bonchev–Trinajstić information content (AvgIpc) is 2.69. The van der Waals surface area contributed by atoms with Crippen LogP contribution in [-0.2, 0) is 16.1 Å². The smallest absolute Gasteiger partial charge is 0.242 e. The molecule has 2 amide bonds. The lowest BCUT2D eigenvalue weighted by Gasteiger charge is -2.25. The number of carbonyl (C=O) groups is 2. The summed E-state index contributed by atoms with van der Waals surface area (Å²) in [6.07, 6.45) is 3.00. The van der Waals surface area contributed by atoms with E-state index in [4.69, 9.17) is 0 Å². The molecule has 0 spiro atoms. The molecule has 1 aromatic rings. The van der Waals surface area contributed by atoms with Crippen LogP contribution in [0.3, 0.4) is 0 Å². The highest BCUT2D eigenvalue weighted by molar-refractivity contribution is 7.09. The number of hydrogen-bond donors (Lipinski definition) is 2. The van der Waals surface area contributed by atoms with E-state index in [1.807, 2.05) is 12.3 Å². The van der Waals surface area contributed by atoms with Crippen molar-refractivity contribution < 1.29 is 9.59 Å². The van der Waals surface area contributed by atoms with Crippen molar-refractivity contribution in [3.05, 3.63) is 16.1 Å². The maximum atomic E-state index is 11.8. The number of nitrogens with one attached hydrogen (secondary N) is 2. The molecule has 2 N–H and O–H groups in total. The summed E-state index contributed by atoms with van der Waals surface area (Å²) in [5.41, 5.74) is 0.855. The van der Waals surface area contributed by atoms with Gasteiger partial charge in [-0.05, 0) is 26.7 Å². The largest absolute Gasteiger partial charge is 0.349 e. The summed E-state index contributed by atoms with van der Waals surface area (Å²) < 4.78 is 0. The Morgan fingerprint density at radius 3 is 2.79 bits per heavy atom. The molecule has 1 aromatic heterocycles. The van der Waals surface area contributed by atoms with Crippen LogP contribution in [0.1, 0.15) is 36.9 Å². The quantitative estimate of drug-likeness (QED) is 0.856. The molecule has 1 heterocycles. The van der Waals surface area contributed by atoms with Gasteiger partial charge in [-0.25, -0.2) is 4.98 Å². The number of carbonyl (C=O) groups excluding carboxylic acids is 2. The molecule has 1 saturated carbocycles. The Morgan fingerprint density at radius 1 is 1.53 bits per heavy atom. The van der Waals surface area contributed by atoms with Gasteiger partial charge in [0.25, 0.3) is 0 Å². The molecule has 2 rings (SSSR count). The Hall–Kier alpha value is -1.43. The Kier molecular flexibility index (Phi) is 4.52. The molecule has 0 saturated heterocycles. The van der Waals surface area contributed by atoms with Crippen molar-refractivity contribution >= 4 is 23.2 Å². The maximum absolute atomic E-state index is 11.8. The van der Waals surface area contributed by atoms with Gasteiger partial charge in [0.15, 0.2) is 0 Å². The predicted octanol–water partition coefficient (Wildman–Crippen LogP) is 1.37. The van der Waals surface area contributed by atoms with Crippen molar-refractivity contribution in [1.82, 2.24) is 15.6 Å². The lowest BCUT2D eigenvalue weighted by molar-refractivity contribution is -0.132. The van der Waals surface area contributed by atoms with E-state index < -0.39 is 6.04 Å². The van der Waals surface area contributed by atoms with E-state index in [1.165, 1.54) is 0 Å². The van der Waals surface area contributed by atoms with E-state index in [9.17, 15) is 9.59 Å². The number of hydrogen-bond acceptors (Lipinski definition) is 4. The number of nitrogens with zero attached hydrogens (tertiary/aromatic N) is 1. The molecule has 0 bridgehead atoms. The second kappa shape index (κ2) is 6.14. The van der Waals surface area contributed by atoms with Crippen molar-refractivity contribution in [2.75, 3.05) is 0 Å². The number of rotatable bonds is 5. The van der Waals surface area contributed by atoms with Crippen molar-refractivity contribution in [2.45, 2.75) is 45.7 Å². The molecular weight excluding hydrogens is 262 g/mol. The standard InChI is InChI=1S/C13H19N3O2S/c1-8(15-13(18)10-4-3-5-10)12(17)14-6-11-7-19-9(2)16-11/h7-8,10H,3-6H2,1-2H3,(H,14,17)(H,15,18)/t8-/m1/s1. The molecule has 104 valence electrons. The fraction of sp³-hybridized carbons (Fsp3) is 0.615. The third-order valence-corrected chi connectivity index (χ3v) is 4.16. The van der Waals surface area contributed by atoms with Crippen LogP contribution in [0.2, 0.25) is 0 Å². The zero-order valence-corrected chi connectivity index (χ0v) is 12.0. The van der Waals surface area contributed by atoms with Crippen LogP contribution in [0.15, 0.2) is 5.38 Å². The molecular formula is C13H19N3O2S. The van der Waals surface area contributed by atoms with Gasteiger partial charge in [-0.2, -0.15) is 0 Å². The van der Waals surface area contributed by atoms with Crippen molar-refractivity contribution in [3.63, 3.8) is 0 Å². The van der Waals surface area contributed by atoms with Gasteiger partial charge >= 0.3 is 0 Å². The van der Waals surface area contributed by atoms with E-state index >= 15 is 0 Å². The van der Waals surface area contributed by atoms with Crippen molar-refractivity contribution in [2.24, 2.45) is 5.92 Å². The molecule has 6 heteroatoms. The van der Waals surface area contributed by atoms with Crippen LogP contribution in [0, 0.1) is 12.8 Å². The van der Waals surface area contributed by atoms with Gasteiger partial charge in [-0.1, -0.05) is 6.42 Å². The van der Waals surface area contributed by atoms with Gasteiger partial charge in [0.2, 0.25) is 11.8 Å².